The number of para-hydroxylation sites is 1. The summed E-state index contributed by atoms with van der Waals surface area (Å²) in [5, 5.41) is 4.09. The quantitative estimate of drug-likeness (QED) is 0.576. The Balaban J connectivity index is 1.80. The molecular weight excluding hydrogens is 330 g/mol. The van der Waals surface area contributed by atoms with E-state index in [9.17, 15) is 9.59 Å². The van der Waals surface area contributed by atoms with Gasteiger partial charge in [0.25, 0.3) is 5.91 Å². The number of hydrogen-bond acceptors (Lipinski definition) is 4. The van der Waals surface area contributed by atoms with Crippen molar-refractivity contribution in [1.29, 1.82) is 0 Å². The van der Waals surface area contributed by atoms with Crippen LogP contribution < -0.4 is 10.9 Å². The third-order valence-electron chi connectivity index (χ3n) is 4.37. The van der Waals surface area contributed by atoms with Crippen molar-refractivity contribution >= 4 is 27.8 Å². The molecule has 3 aromatic heterocycles. The number of carbonyl (C=O) groups is 1. The normalized spacial score (nSPS) is 11.1. The Hall–Kier alpha value is -3.41. The lowest BCUT2D eigenvalue weighted by molar-refractivity contribution is 0.0941. The molecule has 0 aliphatic heterocycles. The molecule has 1 N–H and O–H groups in total. The van der Waals surface area contributed by atoms with Crippen LogP contribution in [-0.2, 0) is 13.1 Å². The number of pyridine rings is 1. The zero-order valence-corrected chi connectivity index (χ0v) is 14.2. The third-order valence-corrected chi connectivity index (χ3v) is 4.37. The summed E-state index contributed by atoms with van der Waals surface area (Å²) < 4.78 is 7.24. The Kier molecular flexibility index (Phi) is 4.01. The van der Waals surface area contributed by atoms with Gasteiger partial charge in [0.05, 0.1) is 23.1 Å². The second-order valence-electron chi connectivity index (χ2n) is 5.93. The number of fused-ring (bicyclic) bond motifs is 3. The molecule has 6 heteroatoms. The summed E-state index contributed by atoms with van der Waals surface area (Å²) in [5.74, 6) is -0.253. The monoisotopic (exact) mass is 347 g/mol. The summed E-state index contributed by atoms with van der Waals surface area (Å²) in [4.78, 5) is 29.3. The Labute approximate surface area is 149 Å². The van der Waals surface area contributed by atoms with Gasteiger partial charge in [0.1, 0.15) is 11.3 Å². The Morgan fingerprint density at radius 1 is 1.15 bits per heavy atom. The number of nitrogens with one attached hydrogen (secondary N) is 1. The predicted molar refractivity (Wildman–Crippen MR) is 99.1 cm³/mol. The first kappa shape index (κ1) is 16.1. The van der Waals surface area contributed by atoms with Crippen LogP contribution in [0.5, 0.6) is 0 Å². The van der Waals surface area contributed by atoms with Crippen molar-refractivity contribution in [3.63, 3.8) is 0 Å². The maximum absolute atomic E-state index is 12.7. The van der Waals surface area contributed by atoms with E-state index >= 15 is 0 Å². The van der Waals surface area contributed by atoms with Gasteiger partial charge >= 0.3 is 5.63 Å². The molecule has 0 spiro atoms. The van der Waals surface area contributed by atoms with Crippen LogP contribution >= 0.6 is 0 Å². The van der Waals surface area contributed by atoms with E-state index in [1.54, 1.807) is 18.3 Å². The standard InChI is InChI=1S/C20H17N3O3/c1-2-23-16(19(24)22-12-13-7-5-6-10-21-13)11-15-18(23)14-8-3-4-9-17(14)26-20(15)25/h3-11H,2,12H2,1H3,(H,22,24). The van der Waals surface area contributed by atoms with Crippen molar-refractivity contribution in [2.75, 3.05) is 0 Å². The second-order valence-corrected chi connectivity index (χ2v) is 5.93. The molecule has 6 nitrogen and oxygen atoms in total. The molecular formula is C20H17N3O3. The summed E-state index contributed by atoms with van der Waals surface area (Å²) in [5.41, 5.74) is 2.00. The van der Waals surface area contributed by atoms with Crippen molar-refractivity contribution < 1.29 is 9.21 Å². The van der Waals surface area contributed by atoms with Crippen molar-refractivity contribution in [2.45, 2.75) is 20.0 Å². The molecule has 3 heterocycles. The van der Waals surface area contributed by atoms with Gasteiger partial charge in [0.15, 0.2) is 0 Å². The molecule has 4 rings (SSSR count). The number of hydrogen-bond donors (Lipinski definition) is 1. The molecule has 0 fully saturated rings. The maximum Gasteiger partial charge on any atom is 0.345 e. The smallest absolute Gasteiger partial charge is 0.345 e. The van der Waals surface area contributed by atoms with Crippen LogP contribution in [0.15, 0.2) is 63.9 Å². The zero-order chi connectivity index (χ0) is 18.1. The topological polar surface area (TPSA) is 77.1 Å². The first-order chi connectivity index (χ1) is 12.7. The molecule has 130 valence electrons. The van der Waals surface area contributed by atoms with Gasteiger partial charge in [-0.2, -0.15) is 0 Å². The number of carbonyl (C=O) groups excluding carboxylic acids is 1. The van der Waals surface area contributed by atoms with Crippen LogP contribution in [0.1, 0.15) is 23.1 Å². The highest BCUT2D eigenvalue weighted by atomic mass is 16.4. The van der Waals surface area contributed by atoms with E-state index in [4.69, 9.17) is 4.42 Å². The van der Waals surface area contributed by atoms with Gasteiger partial charge < -0.3 is 14.3 Å². The Morgan fingerprint density at radius 3 is 2.73 bits per heavy atom. The van der Waals surface area contributed by atoms with Crippen LogP contribution in [-0.4, -0.2) is 15.5 Å². The number of aromatic nitrogens is 2. The molecule has 0 aliphatic carbocycles. The van der Waals surface area contributed by atoms with Gasteiger partial charge in [-0.15, -0.1) is 0 Å². The molecule has 0 saturated heterocycles. The Morgan fingerprint density at radius 2 is 1.96 bits per heavy atom. The van der Waals surface area contributed by atoms with E-state index in [1.807, 2.05) is 47.9 Å². The molecule has 0 unspecified atom stereocenters. The molecule has 0 bridgehead atoms. The highest BCUT2D eigenvalue weighted by Gasteiger charge is 2.19. The minimum atomic E-state index is -0.440. The average Bonchev–Trinajstić information content (AvgIpc) is 3.08. The van der Waals surface area contributed by atoms with Gasteiger partial charge in [0.2, 0.25) is 0 Å². The lowest BCUT2D eigenvalue weighted by Gasteiger charge is -2.09. The fourth-order valence-electron chi connectivity index (χ4n) is 3.18. The van der Waals surface area contributed by atoms with Crippen molar-refractivity contribution in [3.05, 3.63) is 76.5 Å². The van der Waals surface area contributed by atoms with E-state index in [2.05, 4.69) is 10.3 Å². The summed E-state index contributed by atoms with van der Waals surface area (Å²) in [7, 11) is 0. The van der Waals surface area contributed by atoms with Gasteiger partial charge in [-0.25, -0.2) is 4.79 Å². The summed E-state index contributed by atoms with van der Waals surface area (Å²) >= 11 is 0. The van der Waals surface area contributed by atoms with E-state index in [1.165, 1.54) is 0 Å². The van der Waals surface area contributed by atoms with Crippen LogP contribution in [0.3, 0.4) is 0 Å². The van der Waals surface area contributed by atoms with E-state index in [0.717, 1.165) is 16.6 Å². The van der Waals surface area contributed by atoms with Crippen molar-refractivity contribution in [2.24, 2.45) is 0 Å². The molecule has 0 saturated carbocycles. The van der Waals surface area contributed by atoms with Gasteiger partial charge in [-0.05, 0) is 37.3 Å². The summed E-state index contributed by atoms with van der Waals surface area (Å²) in [6.45, 7) is 2.82. The van der Waals surface area contributed by atoms with E-state index < -0.39 is 5.63 Å². The summed E-state index contributed by atoms with van der Waals surface area (Å²) in [6, 6.07) is 14.5. The van der Waals surface area contributed by atoms with Crippen LogP contribution in [0, 0.1) is 0 Å². The number of amides is 1. The highest BCUT2D eigenvalue weighted by Crippen LogP contribution is 2.26. The Bertz CT molecular complexity index is 1160. The van der Waals surface area contributed by atoms with E-state index in [0.29, 0.717) is 29.8 Å². The van der Waals surface area contributed by atoms with E-state index in [-0.39, 0.29) is 5.91 Å². The molecule has 0 atom stereocenters. The SMILES string of the molecule is CCn1c(C(=O)NCc2ccccn2)cc2c(=O)oc3ccccc3c21. The number of rotatable bonds is 4. The minimum absolute atomic E-state index is 0.253. The van der Waals surface area contributed by atoms with Gasteiger partial charge in [-0.3, -0.25) is 9.78 Å². The lowest BCUT2D eigenvalue weighted by Crippen LogP contribution is -2.25. The maximum atomic E-state index is 12.7. The largest absolute Gasteiger partial charge is 0.422 e. The molecule has 26 heavy (non-hydrogen) atoms. The molecule has 0 radical (unpaired) electrons. The zero-order valence-electron chi connectivity index (χ0n) is 14.2. The number of benzene rings is 1. The van der Waals surface area contributed by atoms with Crippen molar-refractivity contribution in [3.8, 4) is 0 Å². The fourth-order valence-corrected chi connectivity index (χ4v) is 3.18. The van der Waals surface area contributed by atoms with Crippen molar-refractivity contribution in [1.82, 2.24) is 14.9 Å². The lowest BCUT2D eigenvalue weighted by atomic mass is 10.2. The third kappa shape index (κ3) is 2.65. The first-order valence-corrected chi connectivity index (χ1v) is 8.42. The summed E-state index contributed by atoms with van der Waals surface area (Å²) in [6.07, 6.45) is 1.68. The molecule has 1 amide bonds. The second kappa shape index (κ2) is 6.48. The predicted octanol–water partition coefficient (Wildman–Crippen LogP) is 3.09. The molecule has 4 aromatic rings. The van der Waals surface area contributed by atoms with Crippen LogP contribution in [0.4, 0.5) is 0 Å². The number of aryl methyl sites for hydroxylation is 1. The number of nitrogens with zero attached hydrogens (tertiary/aromatic N) is 2. The van der Waals surface area contributed by atoms with Gasteiger partial charge in [-0.1, -0.05) is 18.2 Å². The highest BCUT2D eigenvalue weighted by molar-refractivity contribution is 6.07. The fraction of sp³-hybridized carbons (Fsp3) is 0.150. The molecule has 0 aliphatic rings. The first-order valence-electron chi connectivity index (χ1n) is 8.42. The van der Waals surface area contributed by atoms with Gasteiger partial charge in [0, 0.05) is 18.1 Å². The molecule has 1 aromatic carbocycles. The average molecular weight is 347 g/mol. The van der Waals surface area contributed by atoms with Crippen LogP contribution in [0.25, 0.3) is 21.9 Å². The minimum Gasteiger partial charge on any atom is -0.422 e. The van der Waals surface area contributed by atoms with Crippen LogP contribution in [0.2, 0.25) is 0 Å².